The minimum Gasteiger partial charge on any atom is -0.350 e. The molecule has 0 bridgehead atoms. The molecule has 26 heavy (non-hydrogen) atoms. The molecular formula is C17H17N9. The summed E-state index contributed by atoms with van der Waals surface area (Å²) in [6.45, 7) is 0.560. The number of hydrazine groups is 1. The molecule has 3 heterocycles. The standard InChI is InChI=1S/C17H17N9/c18-25-16-12-10-22-17(21-9-11-4-3-7-20-8-11)24-15(12)23-13-5-1-2-6-14(13)26(16)19/h1-8,10H,9,18-19H2,(H2,21,22,23,24)/b25-16-. The molecule has 4 rings (SSSR count). The second kappa shape index (κ2) is 6.65. The summed E-state index contributed by atoms with van der Waals surface area (Å²) in [6.07, 6.45) is 5.16. The van der Waals surface area contributed by atoms with E-state index in [-0.39, 0.29) is 0 Å². The number of rotatable bonds is 3. The highest BCUT2D eigenvalue weighted by atomic mass is 15.5. The lowest BCUT2D eigenvalue weighted by atomic mass is 10.2. The van der Waals surface area contributed by atoms with Crippen LogP contribution in [-0.4, -0.2) is 20.8 Å². The van der Waals surface area contributed by atoms with Crippen molar-refractivity contribution in [2.45, 2.75) is 6.54 Å². The quantitative estimate of drug-likeness (QED) is 0.414. The first kappa shape index (κ1) is 15.8. The number of hydrogen-bond acceptors (Lipinski definition) is 8. The lowest BCUT2D eigenvalue weighted by molar-refractivity contribution is 1.04. The average molecular weight is 347 g/mol. The summed E-state index contributed by atoms with van der Waals surface area (Å²) in [7, 11) is 0. The molecule has 3 aromatic rings. The van der Waals surface area contributed by atoms with Crippen molar-refractivity contribution in [3.05, 3.63) is 66.1 Å². The van der Waals surface area contributed by atoms with Crippen LogP contribution in [0.25, 0.3) is 0 Å². The Balaban J connectivity index is 1.68. The molecule has 1 aromatic carbocycles. The summed E-state index contributed by atoms with van der Waals surface area (Å²) in [5, 5.41) is 11.7. The van der Waals surface area contributed by atoms with Crippen molar-refractivity contribution in [3.63, 3.8) is 0 Å². The van der Waals surface area contributed by atoms with Crippen LogP contribution in [0.15, 0.2) is 60.1 Å². The minimum atomic E-state index is 0.372. The number of fused-ring (bicyclic) bond motifs is 2. The Morgan fingerprint density at radius 1 is 1.15 bits per heavy atom. The number of nitrogens with one attached hydrogen (secondary N) is 2. The van der Waals surface area contributed by atoms with E-state index in [0.717, 1.165) is 16.9 Å². The van der Waals surface area contributed by atoms with Gasteiger partial charge in [0.15, 0.2) is 5.84 Å². The predicted octanol–water partition coefficient (Wildman–Crippen LogP) is 1.54. The molecule has 1 aliphatic rings. The van der Waals surface area contributed by atoms with Crippen molar-refractivity contribution in [1.82, 2.24) is 15.0 Å². The number of para-hydroxylation sites is 2. The Bertz CT molecular complexity index is 955. The highest BCUT2D eigenvalue weighted by Gasteiger charge is 2.24. The maximum absolute atomic E-state index is 6.19. The lowest BCUT2D eigenvalue weighted by Crippen LogP contribution is -2.38. The number of hydrazone groups is 1. The van der Waals surface area contributed by atoms with Crippen molar-refractivity contribution in [2.24, 2.45) is 16.8 Å². The first-order valence-electron chi connectivity index (χ1n) is 7.95. The largest absolute Gasteiger partial charge is 0.350 e. The van der Waals surface area contributed by atoms with Crippen LogP contribution in [0.2, 0.25) is 0 Å². The third-order valence-corrected chi connectivity index (χ3v) is 3.97. The molecule has 6 N–H and O–H groups in total. The zero-order valence-electron chi connectivity index (χ0n) is 13.8. The number of nitrogens with zero attached hydrogens (tertiary/aromatic N) is 5. The monoisotopic (exact) mass is 347 g/mol. The van der Waals surface area contributed by atoms with Crippen molar-refractivity contribution in [3.8, 4) is 0 Å². The number of amidine groups is 1. The predicted molar refractivity (Wildman–Crippen MR) is 101 cm³/mol. The minimum absolute atomic E-state index is 0.372. The summed E-state index contributed by atoms with van der Waals surface area (Å²) in [4.78, 5) is 13.0. The molecule has 1 aliphatic heterocycles. The van der Waals surface area contributed by atoms with Gasteiger partial charge in [-0.15, -0.1) is 0 Å². The molecule has 130 valence electrons. The van der Waals surface area contributed by atoms with Crippen LogP contribution in [0.4, 0.5) is 23.1 Å². The van der Waals surface area contributed by atoms with Gasteiger partial charge >= 0.3 is 0 Å². The fourth-order valence-corrected chi connectivity index (χ4v) is 2.70. The number of pyridine rings is 1. The molecule has 0 amide bonds. The molecule has 0 saturated carbocycles. The molecule has 0 radical (unpaired) electrons. The van der Waals surface area contributed by atoms with Gasteiger partial charge in [-0.1, -0.05) is 18.2 Å². The second-order valence-electron chi connectivity index (χ2n) is 5.64. The first-order valence-corrected chi connectivity index (χ1v) is 7.95. The highest BCUT2D eigenvalue weighted by molar-refractivity contribution is 6.15. The summed E-state index contributed by atoms with van der Waals surface area (Å²) < 4.78 is 0. The van der Waals surface area contributed by atoms with Crippen LogP contribution in [-0.2, 0) is 6.54 Å². The molecule has 9 heteroatoms. The van der Waals surface area contributed by atoms with Gasteiger partial charge in [0.1, 0.15) is 5.82 Å². The van der Waals surface area contributed by atoms with Crippen LogP contribution in [0.3, 0.4) is 0 Å². The zero-order valence-corrected chi connectivity index (χ0v) is 13.8. The summed E-state index contributed by atoms with van der Waals surface area (Å²) in [5.41, 5.74) is 3.17. The van der Waals surface area contributed by atoms with Gasteiger partial charge in [0, 0.05) is 25.1 Å². The third-order valence-electron chi connectivity index (χ3n) is 3.97. The SMILES string of the molecule is N/N=C1/c2cnc(NCc3cccnc3)nc2Nc2ccccc2N1N. The maximum atomic E-state index is 6.19. The van der Waals surface area contributed by atoms with Crippen LogP contribution < -0.4 is 27.3 Å². The van der Waals surface area contributed by atoms with E-state index in [2.05, 4.69) is 30.7 Å². The number of anilines is 4. The van der Waals surface area contributed by atoms with Crippen LogP contribution in [0.1, 0.15) is 11.1 Å². The summed E-state index contributed by atoms with van der Waals surface area (Å²) in [5.74, 6) is 13.2. The van der Waals surface area contributed by atoms with E-state index in [4.69, 9.17) is 11.7 Å². The molecule has 0 spiro atoms. The van der Waals surface area contributed by atoms with E-state index >= 15 is 0 Å². The Morgan fingerprint density at radius 2 is 2.04 bits per heavy atom. The van der Waals surface area contributed by atoms with E-state index in [1.54, 1.807) is 18.6 Å². The zero-order chi connectivity index (χ0) is 17.9. The number of benzene rings is 1. The van der Waals surface area contributed by atoms with E-state index in [9.17, 15) is 0 Å². The number of nitrogens with two attached hydrogens (primary N) is 2. The molecule has 0 fully saturated rings. The van der Waals surface area contributed by atoms with Crippen LogP contribution in [0.5, 0.6) is 0 Å². The van der Waals surface area contributed by atoms with Gasteiger partial charge in [0.25, 0.3) is 0 Å². The summed E-state index contributed by atoms with van der Waals surface area (Å²) in [6, 6.07) is 11.4. The molecular weight excluding hydrogens is 330 g/mol. The fraction of sp³-hybridized carbons (Fsp3) is 0.0588. The van der Waals surface area contributed by atoms with Crippen LogP contribution in [0, 0.1) is 0 Å². The highest BCUT2D eigenvalue weighted by Crippen LogP contribution is 2.33. The van der Waals surface area contributed by atoms with Gasteiger partial charge in [-0.05, 0) is 23.8 Å². The lowest BCUT2D eigenvalue weighted by Gasteiger charge is -2.18. The molecule has 0 unspecified atom stereocenters. The van der Waals surface area contributed by atoms with Crippen molar-refractivity contribution < 1.29 is 0 Å². The number of aromatic nitrogens is 3. The van der Waals surface area contributed by atoms with Gasteiger partial charge in [-0.3, -0.25) is 9.99 Å². The van der Waals surface area contributed by atoms with E-state index in [1.807, 2.05) is 36.4 Å². The second-order valence-corrected chi connectivity index (χ2v) is 5.64. The van der Waals surface area contributed by atoms with Gasteiger partial charge in [0.2, 0.25) is 5.95 Å². The smallest absolute Gasteiger partial charge is 0.224 e. The third kappa shape index (κ3) is 2.87. The first-order chi connectivity index (χ1) is 12.8. The van der Waals surface area contributed by atoms with E-state index < -0.39 is 0 Å². The van der Waals surface area contributed by atoms with Gasteiger partial charge < -0.3 is 16.5 Å². The van der Waals surface area contributed by atoms with Crippen LogP contribution >= 0.6 is 0 Å². The molecule has 9 nitrogen and oxygen atoms in total. The topological polar surface area (TPSA) is 130 Å². The van der Waals surface area contributed by atoms with Gasteiger partial charge in [-0.25, -0.2) is 10.8 Å². The van der Waals surface area contributed by atoms with Gasteiger partial charge in [-0.2, -0.15) is 10.1 Å². The molecule has 0 saturated heterocycles. The molecule has 0 aliphatic carbocycles. The Labute approximate surface area is 149 Å². The molecule has 0 atom stereocenters. The van der Waals surface area contributed by atoms with Crippen molar-refractivity contribution in [2.75, 3.05) is 15.6 Å². The average Bonchev–Trinajstić information content (AvgIpc) is 2.80. The van der Waals surface area contributed by atoms with E-state index in [1.165, 1.54) is 5.01 Å². The fourth-order valence-electron chi connectivity index (χ4n) is 2.70. The van der Waals surface area contributed by atoms with Gasteiger partial charge in [0.05, 0.1) is 16.9 Å². The normalized spacial score (nSPS) is 14.2. The Kier molecular flexibility index (Phi) is 4.04. The maximum Gasteiger partial charge on any atom is 0.224 e. The number of hydrogen-bond donors (Lipinski definition) is 4. The van der Waals surface area contributed by atoms with E-state index in [0.29, 0.717) is 29.7 Å². The summed E-state index contributed by atoms with van der Waals surface area (Å²) >= 11 is 0. The van der Waals surface area contributed by atoms with Crippen molar-refractivity contribution in [1.29, 1.82) is 0 Å². The molecule has 2 aromatic heterocycles. The van der Waals surface area contributed by atoms with Crippen molar-refractivity contribution >= 4 is 29.0 Å². The Morgan fingerprint density at radius 3 is 2.85 bits per heavy atom. The Hall–Kier alpha value is -3.72.